The highest BCUT2D eigenvalue weighted by Gasteiger charge is 2.06. The van der Waals surface area contributed by atoms with Crippen LogP contribution in [0.5, 0.6) is 0 Å². The summed E-state index contributed by atoms with van der Waals surface area (Å²) in [5, 5.41) is 21.9. The van der Waals surface area contributed by atoms with E-state index in [9.17, 15) is 9.90 Å². The summed E-state index contributed by atoms with van der Waals surface area (Å²) in [5.41, 5.74) is 2.49. The number of carbonyl (C=O) groups is 1. The molecule has 0 aliphatic rings. The Hall–Kier alpha value is -2.90. The van der Waals surface area contributed by atoms with Crippen molar-refractivity contribution in [1.82, 2.24) is 0 Å². The third-order valence-electron chi connectivity index (χ3n) is 2.83. The van der Waals surface area contributed by atoms with Crippen molar-refractivity contribution in [3.05, 3.63) is 71.3 Å². The van der Waals surface area contributed by atoms with Gasteiger partial charge in [0.25, 0.3) is 5.91 Å². The van der Waals surface area contributed by atoms with Crippen molar-refractivity contribution in [2.75, 3.05) is 11.9 Å². The largest absolute Gasteiger partial charge is 0.322 e. The number of anilines is 1. The van der Waals surface area contributed by atoms with Crippen molar-refractivity contribution in [1.29, 1.82) is 5.26 Å². The SMILES string of the molecule is N#Cc1ccc(C(=O)Nc2cccc(C=CC[O])c2)cc1. The molecule has 0 bridgehead atoms. The maximum absolute atomic E-state index is 12.1. The van der Waals surface area contributed by atoms with Crippen LogP contribution in [0, 0.1) is 11.3 Å². The van der Waals surface area contributed by atoms with Crippen molar-refractivity contribution >= 4 is 17.7 Å². The predicted molar refractivity (Wildman–Crippen MR) is 80.1 cm³/mol. The fourth-order valence-corrected chi connectivity index (χ4v) is 1.80. The van der Waals surface area contributed by atoms with Crippen LogP contribution in [-0.4, -0.2) is 12.5 Å². The molecule has 0 atom stereocenters. The van der Waals surface area contributed by atoms with Crippen LogP contribution in [0.3, 0.4) is 0 Å². The highest BCUT2D eigenvalue weighted by Crippen LogP contribution is 2.14. The molecule has 0 aromatic heterocycles. The molecule has 1 amide bonds. The molecular formula is C17H13N2O2. The van der Waals surface area contributed by atoms with Gasteiger partial charge < -0.3 is 5.32 Å². The summed E-state index contributed by atoms with van der Waals surface area (Å²) in [5.74, 6) is -0.246. The van der Waals surface area contributed by atoms with Crippen molar-refractivity contribution in [3.8, 4) is 6.07 Å². The Morgan fingerprint density at radius 1 is 1.19 bits per heavy atom. The molecule has 1 radical (unpaired) electrons. The fraction of sp³-hybridized carbons (Fsp3) is 0.0588. The molecule has 0 aliphatic heterocycles. The van der Waals surface area contributed by atoms with Crippen LogP contribution in [0.1, 0.15) is 21.5 Å². The first-order chi connectivity index (χ1) is 10.2. The van der Waals surface area contributed by atoms with Gasteiger partial charge in [-0.3, -0.25) is 4.79 Å². The first-order valence-electron chi connectivity index (χ1n) is 6.39. The molecule has 0 unspecified atom stereocenters. The van der Waals surface area contributed by atoms with Crippen molar-refractivity contribution in [3.63, 3.8) is 0 Å². The summed E-state index contributed by atoms with van der Waals surface area (Å²) in [4.78, 5) is 12.1. The van der Waals surface area contributed by atoms with Gasteiger partial charge in [0.15, 0.2) is 0 Å². The van der Waals surface area contributed by atoms with E-state index in [1.807, 2.05) is 12.1 Å². The Bertz CT molecular complexity index is 697. The zero-order valence-corrected chi connectivity index (χ0v) is 11.2. The number of hydrogen-bond donors (Lipinski definition) is 1. The monoisotopic (exact) mass is 277 g/mol. The van der Waals surface area contributed by atoms with Gasteiger partial charge in [0.2, 0.25) is 0 Å². The molecule has 0 aliphatic carbocycles. The summed E-state index contributed by atoms with van der Waals surface area (Å²) in [6, 6.07) is 15.6. The van der Waals surface area contributed by atoms with E-state index in [1.165, 1.54) is 6.08 Å². The minimum atomic E-state index is -0.276. The van der Waals surface area contributed by atoms with E-state index in [0.717, 1.165) is 5.56 Å². The van der Waals surface area contributed by atoms with Gasteiger partial charge in [-0.15, -0.1) is 0 Å². The maximum Gasteiger partial charge on any atom is 0.255 e. The number of nitriles is 1. The number of hydrogen-bond acceptors (Lipinski definition) is 2. The Kier molecular flexibility index (Phi) is 4.86. The molecular weight excluding hydrogens is 264 g/mol. The lowest BCUT2D eigenvalue weighted by Crippen LogP contribution is -2.11. The highest BCUT2D eigenvalue weighted by molar-refractivity contribution is 6.04. The van der Waals surface area contributed by atoms with E-state index < -0.39 is 0 Å². The molecule has 0 fully saturated rings. The second kappa shape index (κ2) is 7.04. The number of benzene rings is 2. The van der Waals surface area contributed by atoms with Gasteiger partial charge in [-0.25, -0.2) is 5.11 Å². The Morgan fingerprint density at radius 2 is 1.95 bits per heavy atom. The maximum atomic E-state index is 12.1. The average molecular weight is 277 g/mol. The van der Waals surface area contributed by atoms with E-state index >= 15 is 0 Å². The van der Waals surface area contributed by atoms with Crippen LogP contribution in [0.2, 0.25) is 0 Å². The van der Waals surface area contributed by atoms with Crippen LogP contribution in [-0.2, 0) is 5.11 Å². The third kappa shape index (κ3) is 4.03. The number of nitrogens with one attached hydrogen (secondary N) is 1. The lowest BCUT2D eigenvalue weighted by molar-refractivity contribution is 0.102. The van der Waals surface area contributed by atoms with Crippen molar-refractivity contribution in [2.24, 2.45) is 0 Å². The molecule has 4 heteroatoms. The molecule has 0 saturated carbocycles. The molecule has 0 saturated heterocycles. The van der Waals surface area contributed by atoms with E-state index in [-0.39, 0.29) is 12.5 Å². The minimum Gasteiger partial charge on any atom is -0.322 e. The van der Waals surface area contributed by atoms with E-state index in [0.29, 0.717) is 16.8 Å². The van der Waals surface area contributed by atoms with E-state index in [1.54, 1.807) is 48.5 Å². The van der Waals surface area contributed by atoms with Crippen LogP contribution in [0.15, 0.2) is 54.6 Å². The number of rotatable bonds is 4. The average Bonchev–Trinajstić information content (AvgIpc) is 2.53. The summed E-state index contributed by atoms with van der Waals surface area (Å²) in [6.45, 7) is -0.276. The van der Waals surface area contributed by atoms with E-state index in [2.05, 4.69) is 5.32 Å². The standard InChI is InChI=1S/C17H13N2O2/c18-12-14-6-8-15(9-7-14)17(21)19-16-5-1-3-13(11-16)4-2-10-20/h1-9,11H,10H2,(H,19,21). The van der Waals surface area contributed by atoms with Gasteiger partial charge >= 0.3 is 0 Å². The molecule has 21 heavy (non-hydrogen) atoms. The molecule has 2 aromatic carbocycles. The number of nitrogens with zero attached hydrogens (tertiary/aromatic N) is 1. The summed E-state index contributed by atoms with van der Waals surface area (Å²) < 4.78 is 0. The lowest BCUT2D eigenvalue weighted by atomic mass is 10.1. The van der Waals surface area contributed by atoms with Gasteiger partial charge in [-0.05, 0) is 42.0 Å². The van der Waals surface area contributed by atoms with Crippen molar-refractivity contribution in [2.45, 2.75) is 0 Å². The number of carbonyl (C=O) groups excluding carboxylic acids is 1. The summed E-state index contributed by atoms with van der Waals surface area (Å²) >= 11 is 0. The van der Waals surface area contributed by atoms with Crippen LogP contribution in [0.4, 0.5) is 5.69 Å². The molecule has 4 nitrogen and oxygen atoms in total. The van der Waals surface area contributed by atoms with Gasteiger partial charge in [-0.2, -0.15) is 5.26 Å². The smallest absolute Gasteiger partial charge is 0.255 e. The zero-order chi connectivity index (χ0) is 15.1. The molecule has 2 rings (SSSR count). The zero-order valence-electron chi connectivity index (χ0n) is 11.2. The van der Waals surface area contributed by atoms with Gasteiger partial charge in [0, 0.05) is 11.3 Å². The first kappa shape index (κ1) is 14.5. The third-order valence-corrected chi connectivity index (χ3v) is 2.83. The second-order valence-electron chi connectivity index (χ2n) is 4.34. The Balaban J connectivity index is 2.11. The lowest BCUT2D eigenvalue weighted by Gasteiger charge is -2.06. The first-order valence-corrected chi connectivity index (χ1v) is 6.39. The van der Waals surface area contributed by atoms with Gasteiger partial charge in [-0.1, -0.05) is 24.3 Å². The van der Waals surface area contributed by atoms with Crippen LogP contribution < -0.4 is 5.32 Å². The Labute approximate surface area is 123 Å². The molecule has 0 spiro atoms. The van der Waals surface area contributed by atoms with E-state index in [4.69, 9.17) is 5.26 Å². The Morgan fingerprint density at radius 3 is 2.62 bits per heavy atom. The topological polar surface area (TPSA) is 72.8 Å². The molecule has 0 heterocycles. The molecule has 103 valence electrons. The van der Waals surface area contributed by atoms with Gasteiger partial charge in [0.1, 0.15) is 6.61 Å². The van der Waals surface area contributed by atoms with Crippen LogP contribution in [0.25, 0.3) is 6.08 Å². The number of amides is 1. The van der Waals surface area contributed by atoms with Crippen LogP contribution >= 0.6 is 0 Å². The minimum absolute atomic E-state index is 0.246. The summed E-state index contributed by atoms with van der Waals surface area (Å²) in [6.07, 6.45) is 3.23. The summed E-state index contributed by atoms with van der Waals surface area (Å²) in [7, 11) is 0. The molecule has 1 N–H and O–H groups in total. The highest BCUT2D eigenvalue weighted by atomic mass is 16.2. The molecule has 2 aromatic rings. The van der Waals surface area contributed by atoms with Gasteiger partial charge in [0.05, 0.1) is 11.6 Å². The predicted octanol–water partition coefficient (Wildman–Crippen LogP) is 3.25. The normalized spacial score (nSPS) is 10.3. The van der Waals surface area contributed by atoms with Crippen molar-refractivity contribution < 1.29 is 9.90 Å². The fourth-order valence-electron chi connectivity index (χ4n) is 1.80. The second-order valence-corrected chi connectivity index (χ2v) is 4.34. The quantitative estimate of drug-likeness (QED) is 0.931.